The summed E-state index contributed by atoms with van der Waals surface area (Å²) < 4.78 is 0. The Morgan fingerprint density at radius 2 is 2.15 bits per heavy atom. The molecule has 1 atom stereocenters. The number of benzene rings is 1. The number of amides is 2. The van der Waals surface area contributed by atoms with Crippen LogP contribution in [0.15, 0.2) is 18.2 Å². The van der Waals surface area contributed by atoms with Crippen LogP contribution in [0.2, 0.25) is 0 Å². The first kappa shape index (κ1) is 14.4. The van der Waals surface area contributed by atoms with Crippen molar-refractivity contribution in [1.82, 2.24) is 4.90 Å². The van der Waals surface area contributed by atoms with Crippen molar-refractivity contribution in [3.8, 4) is 0 Å². The van der Waals surface area contributed by atoms with Crippen LogP contribution in [0.3, 0.4) is 0 Å². The molecule has 1 aromatic carbocycles. The summed E-state index contributed by atoms with van der Waals surface area (Å²) in [6.07, 6.45) is 2.20. The fourth-order valence-corrected chi connectivity index (χ4v) is 2.56. The zero-order chi connectivity index (χ0) is 14.7. The molecule has 108 valence electrons. The van der Waals surface area contributed by atoms with Gasteiger partial charge < -0.3 is 15.3 Å². The van der Waals surface area contributed by atoms with Crippen LogP contribution < -0.4 is 5.32 Å². The number of hydrogen-bond donors (Lipinski definition) is 2. The zero-order valence-corrected chi connectivity index (χ0v) is 11.8. The molecule has 5 heteroatoms. The molecular weight excluding hydrogens is 256 g/mol. The Kier molecular flexibility index (Phi) is 4.27. The van der Waals surface area contributed by atoms with Crippen LogP contribution in [0.1, 0.15) is 35.7 Å². The average molecular weight is 276 g/mol. The van der Waals surface area contributed by atoms with E-state index in [1.165, 1.54) is 6.07 Å². The zero-order valence-electron chi connectivity index (χ0n) is 11.8. The summed E-state index contributed by atoms with van der Waals surface area (Å²) in [5.74, 6) is -0.421. The maximum absolute atomic E-state index is 12.1. The highest BCUT2D eigenvalue weighted by molar-refractivity contribution is 5.92. The minimum absolute atomic E-state index is 0.112. The van der Waals surface area contributed by atoms with Gasteiger partial charge in [-0.05, 0) is 49.4 Å². The highest BCUT2D eigenvalue weighted by Gasteiger charge is 2.21. The van der Waals surface area contributed by atoms with Gasteiger partial charge in [0.1, 0.15) is 0 Å². The van der Waals surface area contributed by atoms with Crippen molar-refractivity contribution in [2.24, 2.45) is 5.92 Å². The molecule has 0 radical (unpaired) electrons. The second kappa shape index (κ2) is 5.94. The summed E-state index contributed by atoms with van der Waals surface area (Å²) in [4.78, 5) is 24.9. The molecule has 0 spiro atoms. The van der Waals surface area contributed by atoms with Gasteiger partial charge in [0.2, 0.25) is 0 Å². The van der Waals surface area contributed by atoms with E-state index in [0.29, 0.717) is 17.2 Å². The number of carboxylic acid groups (broad SMARTS) is 1. The molecule has 2 rings (SSSR count). The fraction of sp³-hybridized carbons (Fsp3) is 0.467. The quantitative estimate of drug-likeness (QED) is 0.872. The van der Waals surface area contributed by atoms with Crippen LogP contribution in [0, 0.1) is 12.8 Å². The first-order valence-corrected chi connectivity index (χ1v) is 6.87. The predicted molar refractivity (Wildman–Crippen MR) is 77.1 cm³/mol. The molecule has 20 heavy (non-hydrogen) atoms. The number of carbonyl (C=O) groups is 2. The van der Waals surface area contributed by atoms with Crippen molar-refractivity contribution in [1.29, 1.82) is 0 Å². The van der Waals surface area contributed by atoms with E-state index >= 15 is 0 Å². The van der Waals surface area contributed by atoms with E-state index in [2.05, 4.69) is 12.2 Å². The topological polar surface area (TPSA) is 69.6 Å². The molecule has 0 aromatic heterocycles. The molecule has 0 saturated carbocycles. The molecular formula is C15H20N2O3. The van der Waals surface area contributed by atoms with Crippen LogP contribution in [0.4, 0.5) is 10.5 Å². The lowest BCUT2D eigenvalue weighted by Crippen LogP contribution is -2.41. The third-order valence-electron chi connectivity index (χ3n) is 3.65. The minimum atomic E-state index is -0.953. The number of hydrogen-bond acceptors (Lipinski definition) is 2. The van der Waals surface area contributed by atoms with Gasteiger partial charge in [-0.15, -0.1) is 0 Å². The third kappa shape index (κ3) is 3.29. The fourth-order valence-electron chi connectivity index (χ4n) is 2.56. The van der Waals surface area contributed by atoms with Crippen LogP contribution in [-0.2, 0) is 0 Å². The molecule has 2 amide bonds. The lowest BCUT2D eigenvalue weighted by molar-refractivity contribution is 0.0696. The highest BCUT2D eigenvalue weighted by atomic mass is 16.4. The Morgan fingerprint density at radius 1 is 1.40 bits per heavy atom. The van der Waals surface area contributed by atoms with E-state index in [4.69, 9.17) is 5.11 Å². The lowest BCUT2D eigenvalue weighted by Gasteiger charge is -2.31. The molecule has 1 heterocycles. The Morgan fingerprint density at radius 3 is 2.75 bits per heavy atom. The van der Waals surface area contributed by atoms with E-state index in [-0.39, 0.29) is 11.6 Å². The van der Waals surface area contributed by atoms with Gasteiger partial charge in [0.15, 0.2) is 0 Å². The van der Waals surface area contributed by atoms with Gasteiger partial charge in [-0.3, -0.25) is 0 Å². The summed E-state index contributed by atoms with van der Waals surface area (Å²) in [5, 5.41) is 11.8. The van der Waals surface area contributed by atoms with Gasteiger partial charge in [-0.2, -0.15) is 0 Å². The van der Waals surface area contributed by atoms with Gasteiger partial charge in [0, 0.05) is 18.8 Å². The molecule has 2 N–H and O–H groups in total. The summed E-state index contributed by atoms with van der Waals surface area (Å²) in [7, 11) is 0. The molecule has 1 fully saturated rings. The van der Waals surface area contributed by atoms with E-state index in [0.717, 1.165) is 25.9 Å². The maximum Gasteiger partial charge on any atom is 0.335 e. The largest absolute Gasteiger partial charge is 0.478 e. The molecule has 1 aromatic rings. The second-order valence-electron chi connectivity index (χ2n) is 5.46. The van der Waals surface area contributed by atoms with E-state index in [1.54, 1.807) is 19.1 Å². The molecule has 0 bridgehead atoms. The van der Waals surface area contributed by atoms with Crippen LogP contribution >= 0.6 is 0 Å². The van der Waals surface area contributed by atoms with Crippen molar-refractivity contribution in [2.75, 3.05) is 18.4 Å². The third-order valence-corrected chi connectivity index (χ3v) is 3.65. The smallest absolute Gasteiger partial charge is 0.335 e. The Balaban J connectivity index is 2.04. The molecule has 0 aliphatic carbocycles. The monoisotopic (exact) mass is 276 g/mol. The van der Waals surface area contributed by atoms with Gasteiger partial charge in [-0.25, -0.2) is 9.59 Å². The average Bonchev–Trinajstić information content (AvgIpc) is 2.38. The van der Waals surface area contributed by atoms with Crippen molar-refractivity contribution in [2.45, 2.75) is 26.7 Å². The van der Waals surface area contributed by atoms with Crippen molar-refractivity contribution < 1.29 is 14.7 Å². The molecule has 1 unspecified atom stereocenters. The molecule has 1 saturated heterocycles. The number of rotatable bonds is 2. The SMILES string of the molecule is Cc1cc(NC(=O)N2CCCC(C)C2)ccc1C(=O)O. The van der Waals surface area contributed by atoms with E-state index in [1.807, 2.05) is 4.90 Å². The minimum Gasteiger partial charge on any atom is -0.478 e. The molecule has 5 nitrogen and oxygen atoms in total. The first-order chi connectivity index (χ1) is 9.47. The van der Waals surface area contributed by atoms with E-state index < -0.39 is 5.97 Å². The lowest BCUT2D eigenvalue weighted by atomic mass is 10.0. The number of carboxylic acids is 1. The second-order valence-corrected chi connectivity index (χ2v) is 5.46. The van der Waals surface area contributed by atoms with Gasteiger partial charge in [0.05, 0.1) is 5.56 Å². The number of nitrogens with one attached hydrogen (secondary N) is 1. The van der Waals surface area contributed by atoms with Gasteiger partial charge in [0.25, 0.3) is 0 Å². The number of aromatic carboxylic acids is 1. The first-order valence-electron chi connectivity index (χ1n) is 6.87. The number of piperidine rings is 1. The normalized spacial score (nSPS) is 18.7. The summed E-state index contributed by atoms with van der Waals surface area (Å²) in [6.45, 7) is 5.42. The summed E-state index contributed by atoms with van der Waals surface area (Å²) in [6, 6.07) is 4.72. The van der Waals surface area contributed by atoms with Gasteiger partial charge in [-0.1, -0.05) is 6.92 Å². The van der Waals surface area contributed by atoms with Crippen molar-refractivity contribution in [3.63, 3.8) is 0 Å². The number of likely N-dealkylation sites (tertiary alicyclic amines) is 1. The maximum atomic E-state index is 12.1. The standard InChI is InChI=1S/C15H20N2O3/c1-10-4-3-7-17(9-10)15(20)16-12-5-6-13(14(18)19)11(2)8-12/h5-6,8,10H,3-4,7,9H2,1-2H3,(H,16,20)(H,18,19). The molecule has 1 aliphatic rings. The number of urea groups is 1. The Hall–Kier alpha value is -2.04. The number of anilines is 1. The molecule has 1 aliphatic heterocycles. The van der Waals surface area contributed by atoms with Crippen LogP contribution in [0.25, 0.3) is 0 Å². The van der Waals surface area contributed by atoms with Crippen molar-refractivity contribution >= 4 is 17.7 Å². The van der Waals surface area contributed by atoms with Crippen molar-refractivity contribution in [3.05, 3.63) is 29.3 Å². The predicted octanol–water partition coefficient (Wildman–Crippen LogP) is 2.96. The van der Waals surface area contributed by atoms with Crippen LogP contribution in [-0.4, -0.2) is 35.1 Å². The van der Waals surface area contributed by atoms with E-state index in [9.17, 15) is 9.59 Å². The van der Waals surface area contributed by atoms with Gasteiger partial charge >= 0.3 is 12.0 Å². The Labute approximate surface area is 118 Å². The summed E-state index contributed by atoms with van der Waals surface area (Å²) in [5.41, 5.74) is 1.53. The highest BCUT2D eigenvalue weighted by Crippen LogP contribution is 2.19. The summed E-state index contributed by atoms with van der Waals surface area (Å²) >= 11 is 0. The number of aryl methyl sites for hydroxylation is 1. The number of carbonyl (C=O) groups excluding carboxylic acids is 1. The van der Waals surface area contributed by atoms with Crippen LogP contribution in [0.5, 0.6) is 0 Å². The number of nitrogens with zero attached hydrogens (tertiary/aromatic N) is 1. The Bertz CT molecular complexity index is 528.